The molecule has 0 bridgehead atoms. The molecule has 0 fully saturated rings. The predicted molar refractivity (Wildman–Crippen MR) is 60.0 cm³/mol. The van der Waals surface area contributed by atoms with E-state index in [2.05, 4.69) is 4.74 Å². The normalized spacial score (nSPS) is 12.0. The summed E-state index contributed by atoms with van der Waals surface area (Å²) in [5.41, 5.74) is 0.583. The minimum Gasteiger partial charge on any atom is -0.504 e. The Balaban J connectivity index is 2.93. The summed E-state index contributed by atoms with van der Waals surface area (Å²) in [4.78, 5) is 11.1. The van der Waals surface area contributed by atoms with Crippen molar-refractivity contribution in [3.8, 4) is 11.5 Å². The first-order valence-electron chi connectivity index (χ1n) is 4.69. The third kappa shape index (κ3) is 2.79. The summed E-state index contributed by atoms with van der Waals surface area (Å²) in [5.74, 6) is -0.375. The summed E-state index contributed by atoms with van der Waals surface area (Å²) in [6.07, 6.45) is -0.797. The molecule has 1 aromatic rings. The Morgan fingerprint density at radius 3 is 2.69 bits per heavy atom. The fourth-order valence-electron chi connectivity index (χ4n) is 1.20. The first-order chi connectivity index (χ1) is 7.45. The van der Waals surface area contributed by atoms with Gasteiger partial charge in [0.15, 0.2) is 17.6 Å². The lowest BCUT2D eigenvalue weighted by molar-refractivity contribution is -0.147. The molecule has 0 aliphatic heterocycles. The second-order valence-corrected chi connectivity index (χ2v) is 3.79. The topological polar surface area (TPSA) is 55.8 Å². The van der Waals surface area contributed by atoms with Crippen molar-refractivity contribution in [2.24, 2.45) is 0 Å². The molecule has 0 spiro atoms. The molecule has 1 unspecified atom stereocenters. The van der Waals surface area contributed by atoms with Crippen LogP contribution in [-0.2, 0) is 9.53 Å². The maximum atomic E-state index is 11.1. The molecule has 0 saturated heterocycles. The van der Waals surface area contributed by atoms with Crippen LogP contribution in [0.15, 0.2) is 12.1 Å². The van der Waals surface area contributed by atoms with Crippen molar-refractivity contribution in [1.29, 1.82) is 0 Å². The molecule has 0 aliphatic carbocycles. The van der Waals surface area contributed by atoms with Gasteiger partial charge >= 0.3 is 5.97 Å². The van der Waals surface area contributed by atoms with E-state index in [1.165, 1.54) is 20.1 Å². The molecule has 1 N–H and O–H groups in total. The highest BCUT2D eigenvalue weighted by atomic mass is 35.5. The number of rotatable bonds is 3. The molecule has 1 rings (SSSR count). The van der Waals surface area contributed by atoms with E-state index in [-0.39, 0.29) is 11.5 Å². The zero-order valence-corrected chi connectivity index (χ0v) is 10.0. The Morgan fingerprint density at radius 1 is 1.50 bits per heavy atom. The van der Waals surface area contributed by atoms with Crippen molar-refractivity contribution in [2.45, 2.75) is 20.0 Å². The Kier molecular flexibility index (Phi) is 4.01. The number of carbonyl (C=O) groups excluding carboxylic acids is 1. The highest BCUT2D eigenvalue weighted by Crippen LogP contribution is 2.33. The monoisotopic (exact) mass is 244 g/mol. The van der Waals surface area contributed by atoms with Gasteiger partial charge in [-0.3, -0.25) is 0 Å². The van der Waals surface area contributed by atoms with E-state index in [4.69, 9.17) is 16.3 Å². The molecule has 4 nitrogen and oxygen atoms in total. The highest BCUT2D eigenvalue weighted by Gasteiger charge is 2.17. The maximum absolute atomic E-state index is 11.1. The lowest BCUT2D eigenvalue weighted by Gasteiger charge is -2.14. The summed E-state index contributed by atoms with van der Waals surface area (Å²) in [7, 11) is 1.27. The number of carbonyl (C=O) groups is 1. The maximum Gasteiger partial charge on any atom is 0.346 e. The largest absolute Gasteiger partial charge is 0.504 e. The van der Waals surface area contributed by atoms with Crippen molar-refractivity contribution >= 4 is 17.6 Å². The van der Waals surface area contributed by atoms with Gasteiger partial charge < -0.3 is 14.6 Å². The van der Waals surface area contributed by atoms with Crippen LogP contribution in [0.1, 0.15) is 12.5 Å². The lowest BCUT2D eigenvalue weighted by Crippen LogP contribution is -2.24. The number of hydrogen-bond donors (Lipinski definition) is 1. The van der Waals surface area contributed by atoms with Gasteiger partial charge in [0.05, 0.1) is 7.11 Å². The van der Waals surface area contributed by atoms with Crippen LogP contribution in [0.25, 0.3) is 0 Å². The third-order valence-corrected chi connectivity index (χ3v) is 2.29. The molecule has 0 aromatic heterocycles. The van der Waals surface area contributed by atoms with Crippen LogP contribution in [0.5, 0.6) is 11.5 Å². The Morgan fingerprint density at radius 2 is 2.12 bits per heavy atom. The number of methoxy groups -OCH3 is 1. The van der Waals surface area contributed by atoms with Crippen LogP contribution in [-0.4, -0.2) is 24.3 Å². The molecule has 0 heterocycles. The summed E-state index contributed by atoms with van der Waals surface area (Å²) < 4.78 is 9.76. The number of aryl methyl sites for hydroxylation is 1. The van der Waals surface area contributed by atoms with E-state index >= 15 is 0 Å². The second-order valence-electron chi connectivity index (χ2n) is 3.35. The molecular formula is C11H13ClO4. The Labute approximate surface area is 98.7 Å². The van der Waals surface area contributed by atoms with Crippen LogP contribution in [0.4, 0.5) is 0 Å². The first-order valence-corrected chi connectivity index (χ1v) is 5.07. The van der Waals surface area contributed by atoms with Crippen LogP contribution >= 0.6 is 11.6 Å². The quantitative estimate of drug-likeness (QED) is 0.829. The fourth-order valence-corrected chi connectivity index (χ4v) is 1.46. The second kappa shape index (κ2) is 5.07. The molecule has 0 aliphatic rings. The van der Waals surface area contributed by atoms with Crippen LogP contribution in [0.3, 0.4) is 0 Å². The molecule has 0 radical (unpaired) electrons. The molecule has 1 aromatic carbocycles. The number of aromatic hydroxyl groups is 1. The Hall–Kier alpha value is -1.42. The number of ether oxygens (including phenoxy) is 2. The summed E-state index contributed by atoms with van der Waals surface area (Å²) in [6, 6.07) is 3.05. The van der Waals surface area contributed by atoms with E-state index < -0.39 is 12.1 Å². The molecule has 88 valence electrons. The number of hydrogen-bond acceptors (Lipinski definition) is 4. The van der Waals surface area contributed by atoms with Crippen molar-refractivity contribution in [3.05, 3.63) is 22.7 Å². The molecule has 1 atom stereocenters. The van der Waals surface area contributed by atoms with Gasteiger partial charge in [0.1, 0.15) is 0 Å². The highest BCUT2D eigenvalue weighted by molar-refractivity contribution is 6.30. The molecule has 5 heteroatoms. The SMILES string of the molecule is COC(=O)C(C)Oc1cc(Cl)cc(C)c1O. The zero-order chi connectivity index (χ0) is 12.3. The molecular weight excluding hydrogens is 232 g/mol. The fraction of sp³-hybridized carbons (Fsp3) is 0.364. The number of esters is 1. The number of phenolic OH excluding ortho intramolecular Hbond substituents is 1. The van der Waals surface area contributed by atoms with Crippen molar-refractivity contribution in [1.82, 2.24) is 0 Å². The summed E-state index contributed by atoms with van der Waals surface area (Å²) in [6.45, 7) is 3.22. The van der Waals surface area contributed by atoms with Crippen molar-refractivity contribution in [3.63, 3.8) is 0 Å². The van der Waals surface area contributed by atoms with Gasteiger partial charge in [0.25, 0.3) is 0 Å². The van der Waals surface area contributed by atoms with E-state index in [0.717, 1.165) is 0 Å². The summed E-state index contributed by atoms with van der Waals surface area (Å²) >= 11 is 5.81. The molecule has 0 saturated carbocycles. The number of halogens is 1. The average molecular weight is 245 g/mol. The molecule has 16 heavy (non-hydrogen) atoms. The number of phenols is 1. The van der Waals surface area contributed by atoms with Gasteiger partial charge in [-0.1, -0.05) is 11.6 Å². The van der Waals surface area contributed by atoms with Gasteiger partial charge in [0, 0.05) is 11.1 Å². The van der Waals surface area contributed by atoms with E-state index in [9.17, 15) is 9.90 Å². The third-order valence-electron chi connectivity index (χ3n) is 2.07. The standard InChI is InChI=1S/C11H13ClO4/c1-6-4-8(12)5-9(10(6)13)16-7(2)11(14)15-3/h4-5,7,13H,1-3H3. The van der Waals surface area contributed by atoms with Crippen LogP contribution in [0, 0.1) is 6.92 Å². The predicted octanol–water partition coefficient (Wildman–Crippen LogP) is 2.29. The van der Waals surface area contributed by atoms with E-state index in [0.29, 0.717) is 10.6 Å². The van der Waals surface area contributed by atoms with E-state index in [1.807, 2.05) is 0 Å². The van der Waals surface area contributed by atoms with Gasteiger partial charge in [-0.2, -0.15) is 0 Å². The van der Waals surface area contributed by atoms with Crippen LogP contribution in [0.2, 0.25) is 5.02 Å². The Bertz CT molecular complexity index is 403. The minimum absolute atomic E-state index is 0.0276. The van der Waals surface area contributed by atoms with Gasteiger partial charge in [0.2, 0.25) is 0 Å². The summed E-state index contributed by atoms with van der Waals surface area (Å²) in [5, 5.41) is 10.1. The van der Waals surface area contributed by atoms with Crippen molar-refractivity contribution in [2.75, 3.05) is 7.11 Å². The first kappa shape index (κ1) is 12.6. The molecule has 0 amide bonds. The lowest BCUT2D eigenvalue weighted by atomic mass is 10.2. The van der Waals surface area contributed by atoms with Gasteiger partial charge in [-0.15, -0.1) is 0 Å². The average Bonchev–Trinajstić information content (AvgIpc) is 2.23. The van der Waals surface area contributed by atoms with Crippen molar-refractivity contribution < 1.29 is 19.4 Å². The van der Waals surface area contributed by atoms with Gasteiger partial charge in [-0.25, -0.2) is 4.79 Å². The van der Waals surface area contributed by atoms with Crippen LogP contribution < -0.4 is 4.74 Å². The van der Waals surface area contributed by atoms with E-state index in [1.54, 1.807) is 13.0 Å². The zero-order valence-electron chi connectivity index (χ0n) is 9.28. The van der Waals surface area contributed by atoms with Gasteiger partial charge in [-0.05, 0) is 25.5 Å². The minimum atomic E-state index is -0.797. The number of benzene rings is 1. The smallest absolute Gasteiger partial charge is 0.346 e.